The zero-order valence-electron chi connectivity index (χ0n) is 18.8. The minimum absolute atomic E-state index is 0.00634. The fraction of sp³-hybridized carbons (Fsp3) is 0.542. The summed E-state index contributed by atoms with van der Waals surface area (Å²) >= 11 is 1.42. The van der Waals surface area contributed by atoms with Gasteiger partial charge in [-0.2, -0.15) is 0 Å². The highest BCUT2D eigenvalue weighted by Gasteiger charge is 2.27. The summed E-state index contributed by atoms with van der Waals surface area (Å²) < 4.78 is 7.66. The highest BCUT2D eigenvalue weighted by molar-refractivity contribution is 7.12. The summed E-state index contributed by atoms with van der Waals surface area (Å²) in [4.78, 5) is 41.9. The molecule has 0 aromatic carbocycles. The van der Waals surface area contributed by atoms with Gasteiger partial charge in [0, 0.05) is 43.6 Å². The highest BCUT2D eigenvalue weighted by Crippen LogP contribution is 2.32. The fourth-order valence-electron chi connectivity index (χ4n) is 4.90. The van der Waals surface area contributed by atoms with Crippen LogP contribution in [0.1, 0.15) is 69.6 Å². The van der Waals surface area contributed by atoms with E-state index in [-0.39, 0.29) is 18.4 Å². The van der Waals surface area contributed by atoms with Crippen molar-refractivity contribution in [3.05, 3.63) is 45.4 Å². The molecular weight excluding hydrogens is 426 g/mol. The van der Waals surface area contributed by atoms with Crippen molar-refractivity contribution in [3.8, 4) is 0 Å². The van der Waals surface area contributed by atoms with Crippen LogP contribution in [0.2, 0.25) is 0 Å². The van der Waals surface area contributed by atoms with Crippen molar-refractivity contribution in [2.75, 3.05) is 32.8 Å². The van der Waals surface area contributed by atoms with Gasteiger partial charge in [-0.15, -0.1) is 11.3 Å². The van der Waals surface area contributed by atoms with Crippen LogP contribution in [0.4, 0.5) is 0 Å². The predicted octanol–water partition coefficient (Wildman–Crippen LogP) is 3.81. The van der Waals surface area contributed by atoms with Gasteiger partial charge < -0.3 is 19.1 Å². The Hall–Kier alpha value is -2.61. The number of amides is 2. The van der Waals surface area contributed by atoms with Gasteiger partial charge in [0.05, 0.1) is 10.4 Å². The molecule has 1 aliphatic carbocycles. The first-order valence-corrected chi connectivity index (χ1v) is 12.3. The number of piperazine rings is 1. The average molecular weight is 458 g/mol. The number of thiophene rings is 1. The first kappa shape index (κ1) is 22.6. The third kappa shape index (κ3) is 4.75. The van der Waals surface area contributed by atoms with Crippen molar-refractivity contribution >= 4 is 29.1 Å². The number of nitrogens with zero attached hydrogens (tertiary/aromatic N) is 3. The van der Waals surface area contributed by atoms with E-state index in [1.807, 2.05) is 37.4 Å². The second kappa shape index (κ2) is 9.90. The van der Waals surface area contributed by atoms with E-state index < -0.39 is 5.97 Å². The molecule has 2 amide bonds. The van der Waals surface area contributed by atoms with Crippen LogP contribution >= 0.6 is 11.3 Å². The molecule has 4 rings (SSSR count). The van der Waals surface area contributed by atoms with E-state index in [0.717, 1.165) is 24.2 Å². The zero-order valence-corrected chi connectivity index (χ0v) is 19.7. The number of ether oxygens (including phenoxy) is 1. The van der Waals surface area contributed by atoms with Crippen LogP contribution < -0.4 is 0 Å². The standard InChI is InChI=1S/C24H31N3O4S/c1-17-15-20(18(2)27(17)19-7-4-3-5-8-19)24(30)31-16-22(28)25-10-12-26(13-11-25)23(29)21-9-6-14-32-21/h6,9,14-15,19H,3-5,7-8,10-13,16H2,1-2H3. The van der Waals surface area contributed by atoms with Gasteiger partial charge in [-0.3, -0.25) is 9.59 Å². The number of aryl methyl sites for hydroxylation is 1. The highest BCUT2D eigenvalue weighted by atomic mass is 32.1. The van der Waals surface area contributed by atoms with Crippen LogP contribution in [-0.2, 0) is 9.53 Å². The summed E-state index contributed by atoms with van der Waals surface area (Å²) in [6, 6.07) is 6.00. The lowest BCUT2D eigenvalue weighted by Crippen LogP contribution is -2.51. The van der Waals surface area contributed by atoms with Gasteiger partial charge in [-0.05, 0) is 44.2 Å². The molecule has 1 saturated heterocycles. The predicted molar refractivity (Wildman–Crippen MR) is 123 cm³/mol. The molecule has 1 aliphatic heterocycles. The third-order valence-electron chi connectivity index (χ3n) is 6.62. The summed E-state index contributed by atoms with van der Waals surface area (Å²) in [6.45, 7) is 5.58. The van der Waals surface area contributed by atoms with Crippen molar-refractivity contribution < 1.29 is 19.1 Å². The van der Waals surface area contributed by atoms with Crippen LogP contribution in [0.25, 0.3) is 0 Å². The Morgan fingerprint density at radius 3 is 2.38 bits per heavy atom. The molecule has 1 saturated carbocycles. The molecule has 2 fully saturated rings. The molecule has 0 N–H and O–H groups in total. The molecule has 172 valence electrons. The maximum atomic E-state index is 12.7. The lowest BCUT2D eigenvalue weighted by atomic mass is 9.95. The molecule has 0 unspecified atom stereocenters. The molecule has 0 radical (unpaired) electrons. The molecule has 0 spiro atoms. The number of aromatic nitrogens is 1. The van der Waals surface area contributed by atoms with Gasteiger partial charge >= 0.3 is 5.97 Å². The number of hydrogen-bond acceptors (Lipinski definition) is 5. The van der Waals surface area contributed by atoms with Crippen molar-refractivity contribution in [3.63, 3.8) is 0 Å². The van der Waals surface area contributed by atoms with Crippen LogP contribution in [0, 0.1) is 13.8 Å². The van der Waals surface area contributed by atoms with E-state index in [0.29, 0.717) is 42.7 Å². The van der Waals surface area contributed by atoms with Crippen molar-refractivity contribution in [1.29, 1.82) is 0 Å². The number of rotatable bonds is 5. The lowest BCUT2D eigenvalue weighted by molar-refractivity contribution is -0.136. The van der Waals surface area contributed by atoms with E-state index in [4.69, 9.17) is 4.74 Å². The van der Waals surface area contributed by atoms with Crippen molar-refractivity contribution in [2.24, 2.45) is 0 Å². The van der Waals surface area contributed by atoms with Gasteiger partial charge in [-0.25, -0.2) is 4.79 Å². The molecule has 2 aromatic rings. The van der Waals surface area contributed by atoms with Crippen molar-refractivity contribution in [1.82, 2.24) is 14.4 Å². The third-order valence-corrected chi connectivity index (χ3v) is 7.48. The largest absolute Gasteiger partial charge is 0.452 e. The Kier molecular flexibility index (Phi) is 6.98. The smallest absolute Gasteiger partial charge is 0.340 e. The van der Waals surface area contributed by atoms with E-state index in [1.165, 1.54) is 30.6 Å². The Bertz CT molecular complexity index is 968. The Morgan fingerprint density at radius 1 is 1.03 bits per heavy atom. The fourth-order valence-corrected chi connectivity index (χ4v) is 5.59. The molecule has 7 nitrogen and oxygen atoms in total. The first-order valence-electron chi connectivity index (χ1n) is 11.4. The monoisotopic (exact) mass is 457 g/mol. The molecule has 0 atom stereocenters. The molecule has 8 heteroatoms. The Labute approximate surface area is 192 Å². The van der Waals surface area contributed by atoms with Gasteiger partial charge in [0.1, 0.15) is 0 Å². The minimum atomic E-state index is -0.444. The second-order valence-electron chi connectivity index (χ2n) is 8.67. The molecule has 2 aromatic heterocycles. The molecule has 3 heterocycles. The molecule has 0 bridgehead atoms. The lowest BCUT2D eigenvalue weighted by Gasteiger charge is -2.34. The second-order valence-corrected chi connectivity index (χ2v) is 9.62. The summed E-state index contributed by atoms with van der Waals surface area (Å²) in [6.07, 6.45) is 6.02. The topological polar surface area (TPSA) is 71.9 Å². The van der Waals surface area contributed by atoms with Gasteiger partial charge in [0.25, 0.3) is 11.8 Å². The maximum absolute atomic E-state index is 12.7. The Morgan fingerprint density at radius 2 is 1.72 bits per heavy atom. The molecule has 32 heavy (non-hydrogen) atoms. The maximum Gasteiger partial charge on any atom is 0.340 e. The quantitative estimate of drug-likeness (QED) is 0.640. The molecule has 2 aliphatic rings. The summed E-state index contributed by atoms with van der Waals surface area (Å²) in [5, 5.41) is 1.88. The first-order chi connectivity index (χ1) is 15.5. The van der Waals surface area contributed by atoms with Gasteiger partial charge in [-0.1, -0.05) is 25.3 Å². The van der Waals surface area contributed by atoms with Gasteiger partial charge in [0.15, 0.2) is 6.61 Å². The van der Waals surface area contributed by atoms with Crippen LogP contribution in [0.15, 0.2) is 23.6 Å². The van der Waals surface area contributed by atoms with E-state index >= 15 is 0 Å². The molecular formula is C24H31N3O4S. The average Bonchev–Trinajstić information content (AvgIpc) is 3.45. The number of carbonyl (C=O) groups is 3. The summed E-state index contributed by atoms with van der Waals surface area (Å²) in [7, 11) is 0. The minimum Gasteiger partial charge on any atom is -0.452 e. The summed E-state index contributed by atoms with van der Waals surface area (Å²) in [5.74, 6) is -0.658. The SMILES string of the molecule is Cc1cc(C(=O)OCC(=O)N2CCN(C(=O)c3cccs3)CC2)c(C)n1C1CCCCC1. The number of carbonyl (C=O) groups excluding carboxylic acids is 3. The number of hydrogen-bond donors (Lipinski definition) is 0. The van der Waals surface area contributed by atoms with E-state index in [1.54, 1.807) is 9.80 Å². The van der Waals surface area contributed by atoms with Crippen LogP contribution in [0.3, 0.4) is 0 Å². The van der Waals surface area contributed by atoms with E-state index in [9.17, 15) is 14.4 Å². The van der Waals surface area contributed by atoms with E-state index in [2.05, 4.69) is 4.57 Å². The van der Waals surface area contributed by atoms with Crippen LogP contribution in [-0.4, -0.2) is 64.9 Å². The van der Waals surface area contributed by atoms with Gasteiger partial charge in [0.2, 0.25) is 0 Å². The normalized spacial score (nSPS) is 17.4. The Balaban J connectivity index is 1.29. The van der Waals surface area contributed by atoms with Crippen LogP contribution in [0.5, 0.6) is 0 Å². The zero-order chi connectivity index (χ0) is 22.7. The van der Waals surface area contributed by atoms with Crippen molar-refractivity contribution in [2.45, 2.75) is 52.0 Å². The number of esters is 1. The summed E-state index contributed by atoms with van der Waals surface area (Å²) in [5.41, 5.74) is 2.54.